The van der Waals surface area contributed by atoms with E-state index in [2.05, 4.69) is 16.4 Å². The lowest BCUT2D eigenvalue weighted by molar-refractivity contribution is 0.464. The molecule has 1 unspecified atom stereocenters. The van der Waals surface area contributed by atoms with Crippen LogP contribution in [0.2, 0.25) is 0 Å². The normalized spacial score (nSPS) is 12.7. The average Bonchev–Trinajstić information content (AvgIpc) is 2.94. The number of hydrogen-bond acceptors (Lipinski definition) is 3. The molecule has 0 aliphatic heterocycles. The maximum Gasteiger partial charge on any atom is 0.125 e. The van der Waals surface area contributed by atoms with Crippen LogP contribution in [-0.4, -0.2) is 12.0 Å². The minimum absolute atomic E-state index is 0.0490. The van der Waals surface area contributed by atoms with Gasteiger partial charge in [-0.05, 0) is 36.9 Å². The molecule has 1 N–H and O–H groups in total. The summed E-state index contributed by atoms with van der Waals surface area (Å²) >= 11 is 0. The smallest absolute Gasteiger partial charge is 0.125 e. The molecule has 3 nitrogen and oxygen atoms in total. The second kappa shape index (κ2) is 4.63. The first-order valence-electron chi connectivity index (χ1n) is 5.94. The molecule has 3 aromatic rings. The summed E-state index contributed by atoms with van der Waals surface area (Å²) in [5.41, 5.74) is 2.18. The van der Waals surface area contributed by atoms with Crippen molar-refractivity contribution >= 4 is 10.9 Å². The molecule has 0 radical (unpaired) electrons. The molecule has 0 saturated heterocycles. The van der Waals surface area contributed by atoms with Crippen LogP contribution in [0.3, 0.4) is 0 Å². The Labute approximate surface area is 105 Å². The third kappa shape index (κ3) is 1.79. The Balaban J connectivity index is 2.18. The fourth-order valence-corrected chi connectivity index (χ4v) is 2.28. The highest BCUT2D eigenvalue weighted by atomic mass is 16.3. The van der Waals surface area contributed by atoms with Crippen LogP contribution in [0.15, 0.2) is 59.3 Å². The summed E-state index contributed by atoms with van der Waals surface area (Å²) in [4.78, 5) is 4.38. The van der Waals surface area contributed by atoms with E-state index in [1.807, 2.05) is 49.6 Å². The predicted molar refractivity (Wildman–Crippen MR) is 71.4 cm³/mol. The highest BCUT2D eigenvalue weighted by Crippen LogP contribution is 2.27. The highest BCUT2D eigenvalue weighted by Gasteiger charge is 2.17. The van der Waals surface area contributed by atoms with Crippen LogP contribution in [0, 0.1) is 0 Å². The SMILES string of the molecule is CNC(c1ccco1)c1ccnc2ccccc12. The van der Waals surface area contributed by atoms with E-state index in [9.17, 15) is 0 Å². The second-order valence-electron chi connectivity index (χ2n) is 4.15. The molecular weight excluding hydrogens is 224 g/mol. The first-order chi connectivity index (χ1) is 8.90. The van der Waals surface area contributed by atoms with E-state index in [0.717, 1.165) is 16.7 Å². The Kier molecular flexibility index (Phi) is 2.82. The van der Waals surface area contributed by atoms with Gasteiger partial charge in [-0.25, -0.2) is 0 Å². The summed E-state index contributed by atoms with van der Waals surface area (Å²) in [5.74, 6) is 0.911. The van der Waals surface area contributed by atoms with Crippen molar-refractivity contribution < 1.29 is 4.42 Å². The molecule has 3 heteroatoms. The number of fused-ring (bicyclic) bond motifs is 1. The third-order valence-corrected chi connectivity index (χ3v) is 3.11. The first kappa shape index (κ1) is 11.0. The van der Waals surface area contributed by atoms with E-state index in [-0.39, 0.29) is 6.04 Å². The van der Waals surface area contributed by atoms with Crippen molar-refractivity contribution in [3.05, 3.63) is 66.2 Å². The molecule has 0 aliphatic rings. The minimum atomic E-state index is 0.0490. The van der Waals surface area contributed by atoms with Crippen LogP contribution in [0.1, 0.15) is 17.4 Å². The number of nitrogens with zero attached hydrogens (tertiary/aromatic N) is 1. The zero-order valence-electron chi connectivity index (χ0n) is 10.1. The molecule has 0 amide bonds. The van der Waals surface area contributed by atoms with Gasteiger partial charge in [-0.15, -0.1) is 0 Å². The number of furan rings is 1. The molecule has 0 saturated carbocycles. The van der Waals surface area contributed by atoms with E-state index >= 15 is 0 Å². The Bertz CT molecular complexity index is 641. The van der Waals surface area contributed by atoms with Gasteiger partial charge in [-0.3, -0.25) is 4.98 Å². The quantitative estimate of drug-likeness (QED) is 0.761. The van der Waals surface area contributed by atoms with Crippen LogP contribution < -0.4 is 5.32 Å². The Hall–Kier alpha value is -2.13. The van der Waals surface area contributed by atoms with Gasteiger partial charge in [0, 0.05) is 11.6 Å². The van der Waals surface area contributed by atoms with Crippen LogP contribution in [0.5, 0.6) is 0 Å². The van der Waals surface area contributed by atoms with Gasteiger partial charge in [-0.2, -0.15) is 0 Å². The Morgan fingerprint density at radius 2 is 2.00 bits per heavy atom. The molecular formula is C15H14N2O. The van der Waals surface area contributed by atoms with Gasteiger partial charge in [-0.1, -0.05) is 18.2 Å². The van der Waals surface area contributed by atoms with Crippen molar-refractivity contribution in [2.45, 2.75) is 6.04 Å². The zero-order valence-corrected chi connectivity index (χ0v) is 10.1. The number of rotatable bonds is 3. The molecule has 3 rings (SSSR count). The molecule has 0 bridgehead atoms. The second-order valence-corrected chi connectivity index (χ2v) is 4.15. The molecule has 0 fully saturated rings. The average molecular weight is 238 g/mol. The van der Waals surface area contributed by atoms with E-state index in [1.54, 1.807) is 6.26 Å². The molecule has 0 spiro atoms. The lowest BCUT2D eigenvalue weighted by Crippen LogP contribution is -2.17. The standard InChI is InChI=1S/C15H14N2O/c1-16-15(14-7-4-10-18-14)12-8-9-17-13-6-3-2-5-11(12)13/h2-10,15-16H,1H3. The van der Waals surface area contributed by atoms with Gasteiger partial charge in [0.05, 0.1) is 17.8 Å². The number of para-hydroxylation sites is 1. The van der Waals surface area contributed by atoms with Crippen molar-refractivity contribution in [2.75, 3.05) is 7.05 Å². The fourth-order valence-electron chi connectivity index (χ4n) is 2.28. The third-order valence-electron chi connectivity index (χ3n) is 3.11. The fraction of sp³-hybridized carbons (Fsp3) is 0.133. The van der Waals surface area contributed by atoms with Crippen LogP contribution in [-0.2, 0) is 0 Å². The molecule has 90 valence electrons. The molecule has 2 heterocycles. The van der Waals surface area contributed by atoms with E-state index in [4.69, 9.17) is 4.42 Å². The first-order valence-corrected chi connectivity index (χ1v) is 5.94. The Morgan fingerprint density at radius 3 is 2.78 bits per heavy atom. The maximum atomic E-state index is 5.51. The lowest BCUT2D eigenvalue weighted by Gasteiger charge is -2.16. The lowest BCUT2D eigenvalue weighted by atomic mass is 10.0. The summed E-state index contributed by atoms with van der Waals surface area (Å²) in [6.45, 7) is 0. The van der Waals surface area contributed by atoms with E-state index < -0.39 is 0 Å². The van der Waals surface area contributed by atoms with E-state index in [0.29, 0.717) is 0 Å². The number of aromatic nitrogens is 1. The summed E-state index contributed by atoms with van der Waals surface area (Å²) in [6.07, 6.45) is 3.54. The van der Waals surface area contributed by atoms with Gasteiger partial charge in [0.25, 0.3) is 0 Å². The monoisotopic (exact) mass is 238 g/mol. The number of hydrogen-bond donors (Lipinski definition) is 1. The van der Waals surface area contributed by atoms with Crippen molar-refractivity contribution in [3.63, 3.8) is 0 Å². The molecule has 2 aromatic heterocycles. The molecule has 1 aromatic carbocycles. The zero-order chi connectivity index (χ0) is 12.4. The molecule has 0 aliphatic carbocycles. The molecule has 18 heavy (non-hydrogen) atoms. The van der Waals surface area contributed by atoms with Gasteiger partial charge in [0.2, 0.25) is 0 Å². The minimum Gasteiger partial charge on any atom is -0.467 e. The largest absolute Gasteiger partial charge is 0.467 e. The van der Waals surface area contributed by atoms with Gasteiger partial charge in [0.15, 0.2) is 0 Å². The van der Waals surface area contributed by atoms with Crippen LogP contribution >= 0.6 is 0 Å². The summed E-state index contributed by atoms with van der Waals surface area (Å²) in [7, 11) is 1.93. The van der Waals surface area contributed by atoms with Gasteiger partial charge < -0.3 is 9.73 Å². The van der Waals surface area contributed by atoms with Crippen LogP contribution in [0.4, 0.5) is 0 Å². The predicted octanol–water partition coefficient (Wildman–Crippen LogP) is 3.14. The number of benzene rings is 1. The van der Waals surface area contributed by atoms with Crippen molar-refractivity contribution in [1.82, 2.24) is 10.3 Å². The van der Waals surface area contributed by atoms with Gasteiger partial charge in [0.1, 0.15) is 5.76 Å². The topological polar surface area (TPSA) is 38.1 Å². The number of pyridine rings is 1. The highest BCUT2D eigenvalue weighted by molar-refractivity contribution is 5.82. The van der Waals surface area contributed by atoms with Gasteiger partial charge >= 0.3 is 0 Å². The molecule has 1 atom stereocenters. The van der Waals surface area contributed by atoms with Crippen molar-refractivity contribution in [2.24, 2.45) is 0 Å². The van der Waals surface area contributed by atoms with Crippen molar-refractivity contribution in [3.8, 4) is 0 Å². The van der Waals surface area contributed by atoms with Crippen molar-refractivity contribution in [1.29, 1.82) is 0 Å². The number of nitrogens with one attached hydrogen (secondary N) is 1. The van der Waals surface area contributed by atoms with E-state index in [1.165, 1.54) is 5.56 Å². The summed E-state index contributed by atoms with van der Waals surface area (Å²) in [6, 6.07) is 14.1. The summed E-state index contributed by atoms with van der Waals surface area (Å²) in [5, 5.41) is 4.44. The Morgan fingerprint density at radius 1 is 1.11 bits per heavy atom. The summed E-state index contributed by atoms with van der Waals surface area (Å²) < 4.78 is 5.51. The van der Waals surface area contributed by atoms with Crippen LogP contribution in [0.25, 0.3) is 10.9 Å². The maximum absolute atomic E-state index is 5.51.